The number of nitrogens with two attached hydrogens (primary N) is 1. The maximum atomic E-state index is 12.4. The zero-order chi connectivity index (χ0) is 19.3. The lowest BCUT2D eigenvalue weighted by atomic mass is 9.77. The van der Waals surface area contributed by atoms with Crippen LogP contribution in [-0.2, 0) is 4.74 Å². The number of urea groups is 1. The summed E-state index contributed by atoms with van der Waals surface area (Å²) in [6.07, 6.45) is 9.91. The number of rotatable bonds is 7. The molecule has 27 heavy (non-hydrogen) atoms. The summed E-state index contributed by atoms with van der Waals surface area (Å²) in [4.78, 5) is 12.4. The number of carbonyl (C=O) groups is 1. The van der Waals surface area contributed by atoms with Crippen molar-refractivity contribution >= 4 is 6.03 Å². The molecule has 7 N–H and O–H groups in total. The number of carbonyl (C=O) groups excluding carboxylic acids is 1. The van der Waals surface area contributed by atoms with Gasteiger partial charge in [-0.2, -0.15) is 5.11 Å². The fourth-order valence-electron chi connectivity index (χ4n) is 3.50. The van der Waals surface area contributed by atoms with Gasteiger partial charge in [0.2, 0.25) is 0 Å². The van der Waals surface area contributed by atoms with Gasteiger partial charge in [-0.3, -0.25) is 0 Å². The summed E-state index contributed by atoms with van der Waals surface area (Å²) in [6, 6.07) is -0.221. The van der Waals surface area contributed by atoms with Crippen LogP contribution in [0, 0.1) is 5.53 Å². The van der Waals surface area contributed by atoms with E-state index in [-0.39, 0.29) is 17.7 Å². The summed E-state index contributed by atoms with van der Waals surface area (Å²) >= 11 is 0. The van der Waals surface area contributed by atoms with Gasteiger partial charge < -0.3 is 31.7 Å². The number of hydrogen-bond donors (Lipinski definition) is 6. The average Bonchev–Trinajstić information content (AvgIpc) is 2.63. The van der Waals surface area contributed by atoms with E-state index >= 15 is 0 Å². The zero-order valence-electron chi connectivity index (χ0n) is 15.5. The highest BCUT2D eigenvalue weighted by atomic mass is 16.5. The number of amides is 2. The van der Waals surface area contributed by atoms with Crippen molar-refractivity contribution in [1.29, 1.82) is 5.53 Å². The van der Waals surface area contributed by atoms with Crippen molar-refractivity contribution in [2.24, 2.45) is 10.8 Å². The van der Waals surface area contributed by atoms with Crippen LogP contribution >= 0.6 is 0 Å². The number of nitrogens with one attached hydrogen (secondary N) is 5. The van der Waals surface area contributed by atoms with Crippen molar-refractivity contribution in [3.05, 3.63) is 47.0 Å². The SMILES string of the molecule is COCC1(NC(=O)NC2C=CC3=C(C=C(/C(=C/N=N)CN)CN3)N2)CCC1. The number of allylic oxidation sites excluding steroid dienone is 2. The van der Waals surface area contributed by atoms with E-state index in [1.54, 1.807) is 7.11 Å². The monoisotopic (exact) mass is 373 g/mol. The quantitative estimate of drug-likeness (QED) is 0.369. The number of dihydropyridines is 2. The van der Waals surface area contributed by atoms with E-state index in [9.17, 15) is 4.79 Å². The molecule has 3 aliphatic rings. The molecule has 3 rings (SSSR count). The van der Waals surface area contributed by atoms with Crippen molar-refractivity contribution in [3.63, 3.8) is 0 Å². The van der Waals surface area contributed by atoms with Gasteiger partial charge in [0.25, 0.3) is 0 Å². The van der Waals surface area contributed by atoms with Gasteiger partial charge in [0.1, 0.15) is 6.17 Å². The van der Waals surface area contributed by atoms with E-state index in [2.05, 4.69) is 26.4 Å². The molecule has 9 nitrogen and oxygen atoms in total. The second-order valence-corrected chi connectivity index (χ2v) is 6.98. The molecule has 1 unspecified atom stereocenters. The molecule has 1 aliphatic carbocycles. The Hall–Kier alpha value is -2.65. The first kappa shape index (κ1) is 19.1. The molecule has 1 atom stereocenters. The minimum atomic E-state index is -0.327. The third-order valence-electron chi connectivity index (χ3n) is 5.09. The van der Waals surface area contributed by atoms with E-state index in [0.717, 1.165) is 41.8 Å². The van der Waals surface area contributed by atoms with Crippen LogP contribution in [0.2, 0.25) is 0 Å². The first-order valence-electron chi connectivity index (χ1n) is 9.06. The maximum Gasteiger partial charge on any atom is 0.317 e. The molecule has 0 aromatic carbocycles. The summed E-state index contributed by atoms with van der Waals surface area (Å²) in [7, 11) is 1.65. The van der Waals surface area contributed by atoms with Crippen LogP contribution in [0.3, 0.4) is 0 Å². The number of methoxy groups -OCH3 is 1. The van der Waals surface area contributed by atoms with Crippen LogP contribution in [0.25, 0.3) is 0 Å². The first-order chi connectivity index (χ1) is 13.1. The van der Waals surface area contributed by atoms with Crippen molar-refractivity contribution < 1.29 is 9.53 Å². The molecule has 2 aliphatic heterocycles. The molecule has 0 saturated heterocycles. The lowest BCUT2D eigenvalue weighted by molar-refractivity contribution is 0.0629. The van der Waals surface area contributed by atoms with Gasteiger partial charge in [0, 0.05) is 20.2 Å². The fraction of sp³-hybridized carbons (Fsp3) is 0.500. The van der Waals surface area contributed by atoms with Gasteiger partial charge in [-0.05, 0) is 48.6 Å². The Bertz CT molecular complexity index is 719. The molecule has 0 aromatic rings. The predicted octanol–water partition coefficient (Wildman–Crippen LogP) is 0.955. The van der Waals surface area contributed by atoms with Crippen LogP contribution in [-0.4, -0.2) is 44.5 Å². The summed E-state index contributed by atoms with van der Waals surface area (Å²) in [5, 5.41) is 15.9. The Balaban J connectivity index is 1.62. The Kier molecular flexibility index (Phi) is 5.92. The smallest absolute Gasteiger partial charge is 0.317 e. The van der Waals surface area contributed by atoms with Crippen LogP contribution in [0.1, 0.15) is 19.3 Å². The van der Waals surface area contributed by atoms with E-state index in [0.29, 0.717) is 19.7 Å². The second kappa shape index (κ2) is 8.36. The van der Waals surface area contributed by atoms with Gasteiger partial charge >= 0.3 is 6.03 Å². The lowest BCUT2D eigenvalue weighted by Crippen LogP contribution is -2.61. The minimum absolute atomic E-state index is 0.221. The molecule has 2 amide bonds. The van der Waals surface area contributed by atoms with Gasteiger partial charge in [0.05, 0.1) is 29.7 Å². The van der Waals surface area contributed by atoms with E-state index < -0.39 is 0 Å². The molecular weight excluding hydrogens is 346 g/mol. The van der Waals surface area contributed by atoms with Crippen molar-refractivity contribution in [1.82, 2.24) is 21.3 Å². The van der Waals surface area contributed by atoms with Crippen LogP contribution in [0.4, 0.5) is 4.79 Å². The van der Waals surface area contributed by atoms with Crippen LogP contribution in [0.5, 0.6) is 0 Å². The summed E-state index contributed by atoms with van der Waals surface area (Å²) in [5.74, 6) is 0. The number of nitrogens with zero attached hydrogens (tertiary/aromatic N) is 1. The maximum absolute atomic E-state index is 12.4. The Labute approximate surface area is 158 Å². The molecule has 1 saturated carbocycles. The van der Waals surface area contributed by atoms with Gasteiger partial charge in [-0.15, -0.1) is 0 Å². The second-order valence-electron chi connectivity index (χ2n) is 6.98. The third-order valence-corrected chi connectivity index (χ3v) is 5.09. The highest BCUT2D eigenvalue weighted by Crippen LogP contribution is 2.31. The van der Waals surface area contributed by atoms with Crippen molar-refractivity contribution in [3.8, 4) is 0 Å². The molecule has 0 aromatic heterocycles. The molecule has 0 spiro atoms. The molecular formula is C18H27N7O2. The average molecular weight is 373 g/mol. The van der Waals surface area contributed by atoms with Crippen molar-refractivity contribution in [2.45, 2.75) is 31.0 Å². The van der Waals surface area contributed by atoms with E-state index in [4.69, 9.17) is 16.0 Å². The third kappa shape index (κ3) is 4.37. The molecule has 9 heteroatoms. The predicted molar refractivity (Wildman–Crippen MR) is 102 cm³/mol. The Morgan fingerprint density at radius 3 is 2.96 bits per heavy atom. The zero-order valence-corrected chi connectivity index (χ0v) is 15.5. The topological polar surface area (TPSA) is 137 Å². The summed E-state index contributed by atoms with van der Waals surface area (Å²) in [6.45, 7) is 1.44. The number of hydrogen-bond acceptors (Lipinski definition) is 7. The number of ether oxygens (including phenoxy) is 1. The molecule has 0 radical (unpaired) electrons. The molecule has 2 heterocycles. The molecule has 1 fully saturated rings. The van der Waals surface area contributed by atoms with Gasteiger partial charge in [0.15, 0.2) is 0 Å². The van der Waals surface area contributed by atoms with E-state index in [1.165, 1.54) is 6.20 Å². The summed E-state index contributed by atoms with van der Waals surface area (Å²) in [5.41, 5.74) is 16.1. The molecule has 146 valence electrons. The fourth-order valence-corrected chi connectivity index (χ4v) is 3.50. The Morgan fingerprint density at radius 2 is 2.33 bits per heavy atom. The standard InChI is InChI=1S/C18H27N7O2/c1-27-11-18(5-2-6-18)25-17(26)24-16-4-3-14-15(23-16)7-12(9-21-14)13(8-19)10-22-20/h3-4,7,10,16,20-21,23H,2,5-6,8-9,11,19H2,1H3,(H2,24,25,26)/b13-10+,22-20?. The Morgan fingerprint density at radius 1 is 1.52 bits per heavy atom. The highest BCUT2D eigenvalue weighted by molar-refractivity contribution is 5.75. The van der Waals surface area contributed by atoms with Gasteiger partial charge in [-0.25, -0.2) is 10.3 Å². The van der Waals surface area contributed by atoms with Crippen LogP contribution < -0.4 is 27.0 Å². The van der Waals surface area contributed by atoms with Gasteiger partial charge in [-0.1, -0.05) is 0 Å². The van der Waals surface area contributed by atoms with Crippen LogP contribution in [0.15, 0.2) is 52.1 Å². The van der Waals surface area contributed by atoms with E-state index in [1.807, 2.05) is 18.2 Å². The normalized spacial score (nSPS) is 23.3. The largest absolute Gasteiger partial charge is 0.382 e. The first-order valence-corrected chi connectivity index (χ1v) is 9.06. The van der Waals surface area contributed by atoms with Crippen molar-refractivity contribution in [2.75, 3.05) is 26.8 Å². The summed E-state index contributed by atoms with van der Waals surface area (Å²) < 4.78 is 5.24. The lowest BCUT2D eigenvalue weighted by Gasteiger charge is -2.42. The highest BCUT2D eigenvalue weighted by Gasteiger charge is 2.38. The minimum Gasteiger partial charge on any atom is -0.382 e. The molecule has 0 bridgehead atoms.